The number of benzene rings is 3. The predicted molar refractivity (Wildman–Crippen MR) is 78.9 cm³/mol. The Morgan fingerprint density at radius 3 is 2.45 bits per heavy atom. The molecule has 0 unspecified atom stereocenters. The molecule has 3 aromatic carbocycles. The lowest BCUT2D eigenvalue weighted by atomic mass is 9.85. The summed E-state index contributed by atoms with van der Waals surface area (Å²) in [5.74, 6) is 0.767. The van der Waals surface area contributed by atoms with Crippen LogP contribution < -0.4 is 4.74 Å². The minimum Gasteiger partial charge on any atom is -0.489 e. The highest BCUT2D eigenvalue weighted by Gasteiger charge is 2.41. The lowest BCUT2D eigenvalue weighted by Gasteiger charge is -2.23. The fourth-order valence-electron chi connectivity index (χ4n) is 3.00. The quantitative estimate of drug-likeness (QED) is 0.727. The maximum Gasteiger partial charge on any atom is 0.153 e. The van der Waals surface area contributed by atoms with E-state index in [9.17, 15) is 5.11 Å². The zero-order valence-electron chi connectivity index (χ0n) is 10.9. The lowest BCUT2D eigenvalue weighted by molar-refractivity contribution is 0.0573. The van der Waals surface area contributed by atoms with E-state index in [2.05, 4.69) is 12.1 Å². The van der Waals surface area contributed by atoms with Crippen molar-refractivity contribution in [1.29, 1.82) is 0 Å². The fourth-order valence-corrected chi connectivity index (χ4v) is 3.00. The molecular weight excluding hydrogens is 248 g/mol. The molecule has 2 nitrogen and oxygen atoms in total. The van der Waals surface area contributed by atoms with Gasteiger partial charge in [0, 0.05) is 5.56 Å². The molecule has 0 radical (unpaired) electrons. The third-order valence-corrected chi connectivity index (χ3v) is 4.00. The number of hydrogen-bond donors (Lipinski definition) is 1. The van der Waals surface area contributed by atoms with Crippen LogP contribution in [0.25, 0.3) is 10.8 Å². The van der Waals surface area contributed by atoms with E-state index in [1.165, 1.54) is 0 Å². The van der Waals surface area contributed by atoms with Gasteiger partial charge in [-0.3, -0.25) is 0 Å². The second-order valence-electron chi connectivity index (χ2n) is 5.17. The minimum atomic E-state index is -1.07. The Bertz CT molecular complexity index is 789. The third-order valence-electron chi connectivity index (χ3n) is 4.00. The van der Waals surface area contributed by atoms with Crippen LogP contribution in [0.2, 0.25) is 0 Å². The van der Waals surface area contributed by atoms with Gasteiger partial charge in [-0.2, -0.15) is 0 Å². The van der Waals surface area contributed by atoms with Crippen LogP contribution >= 0.6 is 0 Å². The van der Waals surface area contributed by atoms with E-state index in [-0.39, 0.29) is 6.61 Å². The van der Waals surface area contributed by atoms with Crippen LogP contribution in [0.1, 0.15) is 11.1 Å². The molecule has 0 aromatic heterocycles. The maximum atomic E-state index is 11.2. The summed E-state index contributed by atoms with van der Waals surface area (Å²) in [6, 6.07) is 21.8. The summed E-state index contributed by atoms with van der Waals surface area (Å²) >= 11 is 0. The monoisotopic (exact) mass is 262 g/mol. The minimum absolute atomic E-state index is 0.264. The Morgan fingerprint density at radius 1 is 0.800 bits per heavy atom. The summed E-state index contributed by atoms with van der Waals surface area (Å²) in [6.07, 6.45) is 0. The van der Waals surface area contributed by atoms with Crippen molar-refractivity contribution in [2.45, 2.75) is 5.60 Å². The van der Waals surface area contributed by atoms with Crippen molar-refractivity contribution >= 4 is 10.8 Å². The maximum absolute atomic E-state index is 11.2. The first-order valence-electron chi connectivity index (χ1n) is 6.72. The first kappa shape index (κ1) is 11.5. The van der Waals surface area contributed by atoms with Gasteiger partial charge in [0.15, 0.2) is 5.60 Å². The molecule has 0 aliphatic carbocycles. The molecule has 0 saturated carbocycles. The summed E-state index contributed by atoms with van der Waals surface area (Å²) in [7, 11) is 0. The van der Waals surface area contributed by atoms with Crippen molar-refractivity contribution in [3.05, 3.63) is 77.9 Å². The lowest BCUT2D eigenvalue weighted by Crippen LogP contribution is -2.29. The van der Waals surface area contributed by atoms with Crippen molar-refractivity contribution in [3.8, 4) is 5.75 Å². The molecule has 4 rings (SSSR count). The summed E-state index contributed by atoms with van der Waals surface area (Å²) < 4.78 is 5.67. The predicted octanol–water partition coefficient (Wildman–Crippen LogP) is 3.47. The fraction of sp³-hybridized carbons (Fsp3) is 0.111. The van der Waals surface area contributed by atoms with Gasteiger partial charge in [0.05, 0.1) is 0 Å². The Labute approximate surface area is 117 Å². The average Bonchev–Trinajstić information content (AvgIpc) is 2.86. The first-order chi connectivity index (χ1) is 9.79. The Morgan fingerprint density at radius 2 is 1.50 bits per heavy atom. The molecule has 0 amide bonds. The zero-order chi connectivity index (χ0) is 13.6. The molecular formula is C18H14O2. The number of ether oxygens (including phenoxy) is 1. The second kappa shape index (κ2) is 4.09. The SMILES string of the molecule is O[C@@]1(c2cccc3ccccc23)COc2ccccc21. The van der Waals surface area contributed by atoms with Crippen LogP contribution in [0, 0.1) is 0 Å². The third kappa shape index (κ3) is 1.49. The van der Waals surface area contributed by atoms with Gasteiger partial charge in [-0.25, -0.2) is 0 Å². The smallest absolute Gasteiger partial charge is 0.153 e. The van der Waals surface area contributed by atoms with Gasteiger partial charge >= 0.3 is 0 Å². The highest BCUT2D eigenvalue weighted by molar-refractivity contribution is 5.87. The van der Waals surface area contributed by atoms with Crippen molar-refractivity contribution in [3.63, 3.8) is 0 Å². The van der Waals surface area contributed by atoms with Crippen molar-refractivity contribution in [2.75, 3.05) is 6.61 Å². The molecule has 3 aromatic rings. The number of hydrogen-bond acceptors (Lipinski definition) is 2. The average molecular weight is 262 g/mol. The van der Waals surface area contributed by atoms with Crippen LogP contribution in [0.4, 0.5) is 0 Å². The van der Waals surface area contributed by atoms with E-state index >= 15 is 0 Å². The van der Waals surface area contributed by atoms with Gasteiger partial charge in [0.1, 0.15) is 12.4 Å². The van der Waals surface area contributed by atoms with E-state index in [4.69, 9.17) is 4.74 Å². The molecule has 0 saturated heterocycles. The van der Waals surface area contributed by atoms with E-state index in [1.807, 2.05) is 54.6 Å². The van der Waals surface area contributed by atoms with E-state index in [0.717, 1.165) is 27.6 Å². The Hall–Kier alpha value is -2.32. The van der Waals surface area contributed by atoms with E-state index < -0.39 is 5.60 Å². The molecule has 0 fully saturated rings. The molecule has 1 atom stereocenters. The van der Waals surface area contributed by atoms with Gasteiger partial charge in [0.25, 0.3) is 0 Å². The normalized spacial score (nSPS) is 20.6. The van der Waals surface area contributed by atoms with Crippen molar-refractivity contribution in [2.24, 2.45) is 0 Å². The Balaban J connectivity index is 2.01. The second-order valence-corrected chi connectivity index (χ2v) is 5.17. The van der Waals surface area contributed by atoms with E-state index in [1.54, 1.807) is 0 Å². The number of rotatable bonds is 1. The van der Waals surface area contributed by atoms with Gasteiger partial charge in [-0.15, -0.1) is 0 Å². The largest absolute Gasteiger partial charge is 0.489 e. The molecule has 0 bridgehead atoms. The van der Waals surface area contributed by atoms with Crippen LogP contribution in [0.15, 0.2) is 66.7 Å². The molecule has 1 aliphatic rings. The summed E-state index contributed by atoms with van der Waals surface area (Å²) in [4.78, 5) is 0. The molecule has 0 spiro atoms. The van der Waals surface area contributed by atoms with Gasteiger partial charge in [0.2, 0.25) is 0 Å². The molecule has 2 heteroatoms. The van der Waals surface area contributed by atoms with Crippen LogP contribution in [-0.2, 0) is 5.60 Å². The van der Waals surface area contributed by atoms with Crippen molar-refractivity contribution in [1.82, 2.24) is 0 Å². The zero-order valence-corrected chi connectivity index (χ0v) is 10.9. The number of fused-ring (bicyclic) bond motifs is 2. The number of para-hydroxylation sites is 1. The highest BCUT2D eigenvalue weighted by Crippen LogP contribution is 2.43. The highest BCUT2D eigenvalue weighted by atomic mass is 16.5. The number of aliphatic hydroxyl groups is 1. The summed E-state index contributed by atoms with van der Waals surface area (Å²) in [5, 5.41) is 13.4. The topological polar surface area (TPSA) is 29.5 Å². The van der Waals surface area contributed by atoms with Crippen molar-refractivity contribution < 1.29 is 9.84 Å². The van der Waals surface area contributed by atoms with Crippen LogP contribution in [0.5, 0.6) is 5.75 Å². The van der Waals surface area contributed by atoms with Gasteiger partial charge in [-0.05, 0) is 22.4 Å². The summed E-state index contributed by atoms with van der Waals surface area (Å²) in [6.45, 7) is 0.264. The molecule has 1 heterocycles. The van der Waals surface area contributed by atoms with Crippen LogP contribution in [0.3, 0.4) is 0 Å². The summed E-state index contributed by atoms with van der Waals surface area (Å²) in [5.41, 5.74) is 0.675. The molecule has 98 valence electrons. The van der Waals surface area contributed by atoms with Crippen LogP contribution in [-0.4, -0.2) is 11.7 Å². The van der Waals surface area contributed by atoms with Gasteiger partial charge in [-0.1, -0.05) is 60.7 Å². The van der Waals surface area contributed by atoms with E-state index in [0.29, 0.717) is 0 Å². The first-order valence-corrected chi connectivity index (χ1v) is 6.72. The standard InChI is InChI=1S/C18H14O2/c19-18(12-20-17-11-4-3-9-16(17)18)15-10-5-7-13-6-1-2-8-14(13)15/h1-11,19H,12H2/t18-/m1/s1. The molecule has 1 aliphatic heterocycles. The van der Waals surface area contributed by atoms with Gasteiger partial charge < -0.3 is 9.84 Å². The molecule has 20 heavy (non-hydrogen) atoms. The molecule has 1 N–H and O–H groups in total. The Kier molecular flexibility index (Phi) is 2.35.